The molecule has 5 rings (SSSR count). The molecule has 3 N–H and O–H groups in total. The maximum atomic E-state index is 15.5. The van der Waals surface area contributed by atoms with Gasteiger partial charge in [0.1, 0.15) is 23.5 Å². The molecular weight excluding hydrogens is 592 g/mol. The molecule has 0 saturated carbocycles. The van der Waals surface area contributed by atoms with Crippen LogP contribution in [0.4, 0.5) is 8.78 Å². The minimum atomic E-state index is -1.29. The molecule has 0 aliphatic carbocycles. The maximum absolute atomic E-state index is 15.5. The van der Waals surface area contributed by atoms with Gasteiger partial charge < -0.3 is 30.5 Å². The van der Waals surface area contributed by atoms with Gasteiger partial charge in [0.2, 0.25) is 5.91 Å². The van der Waals surface area contributed by atoms with Crippen LogP contribution in [0.15, 0.2) is 48.6 Å². The number of ether oxygens (including phenoxy) is 2. The number of nitrogens with zero attached hydrogens (tertiary/aromatic N) is 2. The number of carbonyl (C=O) groups excluding carboxylic acids is 2. The SMILES string of the molecule is CC(C)C(=N)/C=C\C(=N)c1ccc(Oc2cc(C(=O)N[C@@H]3CCN(C4CCOCC4)C[C@@H]3F)c(F)cc2CN2CCCC2=O)cc1. The highest BCUT2D eigenvalue weighted by molar-refractivity contribution is 6.10. The summed E-state index contributed by atoms with van der Waals surface area (Å²) in [6.45, 7) is 6.68. The second-order valence-corrected chi connectivity index (χ2v) is 12.6. The summed E-state index contributed by atoms with van der Waals surface area (Å²) in [5.41, 5.74) is 1.42. The van der Waals surface area contributed by atoms with Gasteiger partial charge in [-0.15, -0.1) is 0 Å². The van der Waals surface area contributed by atoms with Gasteiger partial charge in [-0.1, -0.05) is 13.8 Å². The Morgan fingerprint density at radius 3 is 2.50 bits per heavy atom. The molecule has 2 atom stereocenters. The fourth-order valence-corrected chi connectivity index (χ4v) is 6.07. The van der Waals surface area contributed by atoms with Crippen molar-refractivity contribution in [3.63, 3.8) is 0 Å². The van der Waals surface area contributed by atoms with Gasteiger partial charge in [-0.3, -0.25) is 14.5 Å². The molecule has 9 nitrogen and oxygen atoms in total. The van der Waals surface area contributed by atoms with Crippen molar-refractivity contribution in [3.8, 4) is 11.5 Å². The molecule has 3 saturated heterocycles. The van der Waals surface area contributed by atoms with E-state index in [1.54, 1.807) is 41.3 Å². The molecular formula is C35H43F2N5O4. The fraction of sp³-hybridized carbons (Fsp3) is 0.486. The van der Waals surface area contributed by atoms with Crippen LogP contribution in [-0.4, -0.2) is 84.1 Å². The lowest BCUT2D eigenvalue weighted by Gasteiger charge is -2.41. The summed E-state index contributed by atoms with van der Waals surface area (Å²) in [7, 11) is 0. The predicted octanol–water partition coefficient (Wildman–Crippen LogP) is 5.66. The van der Waals surface area contributed by atoms with Crippen LogP contribution in [0.25, 0.3) is 0 Å². The second-order valence-electron chi connectivity index (χ2n) is 12.6. The average Bonchev–Trinajstić information content (AvgIpc) is 3.46. The van der Waals surface area contributed by atoms with Gasteiger partial charge in [0.25, 0.3) is 5.91 Å². The maximum Gasteiger partial charge on any atom is 0.254 e. The Labute approximate surface area is 268 Å². The Balaban J connectivity index is 1.32. The Hall–Kier alpha value is -3.96. The van der Waals surface area contributed by atoms with Crippen LogP contribution in [0, 0.1) is 22.6 Å². The van der Waals surface area contributed by atoms with Crippen LogP contribution in [0.5, 0.6) is 11.5 Å². The van der Waals surface area contributed by atoms with Gasteiger partial charge in [0, 0.05) is 63.1 Å². The Bertz CT molecular complexity index is 1470. The molecule has 3 fully saturated rings. The third-order valence-electron chi connectivity index (χ3n) is 8.97. The molecule has 2 amide bonds. The molecule has 0 radical (unpaired) electrons. The van der Waals surface area contributed by atoms with Crippen LogP contribution < -0.4 is 10.1 Å². The first-order valence-electron chi connectivity index (χ1n) is 16.1. The fourth-order valence-electron chi connectivity index (χ4n) is 6.07. The smallest absolute Gasteiger partial charge is 0.254 e. The van der Waals surface area contributed by atoms with Gasteiger partial charge in [0.15, 0.2) is 0 Å². The number of likely N-dealkylation sites (tertiary alicyclic amines) is 2. The van der Waals surface area contributed by atoms with Crippen molar-refractivity contribution in [1.29, 1.82) is 10.8 Å². The average molecular weight is 636 g/mol. The van der Waals surface area contributed by atoms with Gasteiger partial charge in [-0.05, 0) is 85.7 Å². The zero-order valence-corrected chi connectivity index (χ0v) is 26.5. The van der Waals surface area contributed by atoms with Crippen molar-refractivity contribution in [2.45, 2.75) is 70.8 Å². The number of nitrogens with one attached hydrogen (secondary N) is 3. The number of amides is 2. The standard InChI is InChI=1S/C35H43F2N5O4/c1-22(2)30(38)9-10-31(39)23-5-7-26(8-6-23)46-33-19-27(28(36)18-24(33)20-42-14-3-4-34(42)43)35(44)40-32-11-15-41(21-29(32)37)25-12-16-45-17-13-25/h5-10,18-19,22,25,29,32,38-39H,3-4,11-17,20-21H2,1-2H3,(H,40,44)/b10-9-,38-30?,39-31?/t29-,32+/m0/s1. The molecule has 2 aromatic rings. The largest absolute Gasteiger partial charge is 0.457 e. The number of alkyl halides is 1. The third-order valence-corrected chi connectivity index (χ3v) is 8.97. The van der Waals surface area contributed by atoms with E-state index in [0.29, 0.717) is 68.2 Å². The van der Waals surface area contributed by atoms with E-state index in [0.717, 1.165) is 12.8 Å². The number of hydrogen-bond donors (Lipinski definition) is 3. The number of halogens is 2. The first-order chi connectivity index (χ1) is 22.1. The van der Waals surface area contributed by atoms with Crippen LogP contribution in [0.2, 0.25) is 0 Å². The van der Waals surface area contributed by atoms with Crippen molar-refractivity contribution in [2.75, 3.05) is 32.8 Å². The van der Waals surface area contributed by atoms with Crippen LogP contribution >= 0.6 is 0 Å². The zero-order valence-electron chi connectivity index (χ0n) is 26.5. The molecule has 0 spiro atoms. The van der Waals surface area contributed by atoms with Crippen molar-refractivity contribution >= 4 is 23.2 Å². The number of allylic oxidation sites excluding steroid dienone is 2. The molecule has 11 heteroatoms. The molecule has 3 aliphatic heterocycles. The van der Waals surface area contributed by atoms with Crippen LogP contribution in [0.3, 0.4) is 0 Å². The van der Waals surface area contributed by atoms with Crippen LogP contribution in [0.1, 0.15) is 67.4 Å². The first kappa shape index (κ1) is 33.4. The Morgan fingerprint density at radius 2 is 1.85 bits per heavy atom. The van der Waals surface area contributed by atoms with E-state index in [9.17, 15) is 9.59 Å². The highest BCUT2D eigenvalue weighted by atomic mass is 19.1. The third kappa shape index (κ3) is 8.24. The minimum Gasteiger partial charge on any atom is -0.457 e. The van der Waals surface area contributed by atoms with Gasteiger partial charge >= 0.3 is 0 Å². The van der Waals surface area contributed by atoms with E-state index in [4.69, 9.17) is 20.3 Å². The highest BCUT2D eigenvalue weighted by Crippen LogP contribution is 2.31. The summed E-state index contributed by atoms with van der Waals surface area (Å²) >= 11 is 0. The number of piperidine rings is 1. The molecule has 3 heterocycles. The van der Waals surface area contributed by atoms with Crippen molar-refractivity contribution in [2.24, 2.45) is 5.92 Å². The number of benzene rings is 2. The van der Waals surface area contributed by atoms with E-state index < -0.39 is 23.9 Å². The monoisotopic (exact) mass is 635 g/mol. The molecule has 3 aliphatic rings. The summed E-state index contributed by atoms with van der Waals surface area (Å²) in [4.78, 5) is 29.4. The van der Waals surface area contributed by atoms with Crippen molar-refractivity contribution in [1.82, 2.24) is 15.1 Å². The summed E-state index contributed by atoms with van der Waals surface area (Å²) in [6.07, 6.45) is 5.17. The van der Waals surface area contributed by atoms with Gasteiger partial charge in [0.05, 0.1) is 17.3 Å². The van der Waals surface area contributed by atoms with E-state index in [1.165, 1.54) is 12.1 Å². The predicted molar refractivity (Wildman–Crippen MR) is 172 cm³/mol. The lowest BCUT2D eigenvalue weighted by molar-refractivity contribution is -0.128. The molecule has 246 valence electrons. The molecule has 0 aromatic heterocycles. The molecule has 0 bridgehead atoms. The minimum absolute atomic E-state index is 0.0317. The number of carbonyl (C=O) groups is 2. The summed E-state index contributed by atoms with van der Waals surface area (Å²) in [5.74, 6) is -0.862. The van der Waals surface area contributed by atoms with E-state index in [2.05, 4.69) is 10.2 Å². The van der Waals surface area contributed by atoms with Crippen molar-refractivity contribution in [3.05, 3.63) is 71.1 Å². The first-order valence-corrected chi connectivity index (χ1v) is 16.1. The molecule has 0 unspecified atom stereocenters. The van der Waals surface area contributed by atoms with E-state index >= 15 is 8.78 Å². The van der Waals surface area contributed by atoms with Gasteiger partial charge in [-0.25, -0.2) is 8.78 Å². The zero-order chi connectivity index (χ0) is 32.8. The topological polar surface area (TPSA) is 119 Å². The van der Waals surface area contributed by atoms with Crippen LogP contribution in [-0.2, 0) is 16.1 Å². The quantitative estimate of drug-likeness (QED) is 0.276. The summed E-state index contributed by atoms with van der Waals surface area (Å²) < 4.78 is 42.3. The second kappa shape index (κ2) is 15.1. The highest BCUT2D eigenvalue weighted by Gasteiger charge is 2.35. The summed E-state index contributed by atoms with van der Waals surface area (Å²) in [5, 5.41) is 19.0. The van der Waals surface area contributed by atoms with E-state index in [-0.39, 0.29) is 48.0 Å². The normalized spacial score (nSPS) is 21.2. The van der Waals surface area contributed by atoms with Gasteiger partial charge in [-0.2, -0.15) is 0 Å². The van der Waals surface area contributed by atoms with Crippen molar-refractivity contribution < 1.29 is 27.8 Å². The lowest BCUT2D eigenvalue weighted by atomic mass is 9.98. The lowest BCUT2D eigenvalue weighted by Crippen LogP contribution is -2.55. The number of rotatable bonds is 11. The Morgan fingerprint density at radius 1 is 1.11 bits per heavy atom. The molecule has 46 heavy (non-hydrogen) atoms. The molecule has 2 aromatic carbocycles. The number of hydrogen-bond acceptors (Lipinski definition) is 7. The summed E-state index contributed by atoms with van der Waals surface area (Å²) in [6, 6.07) is 8.81. The van der Waals surface area contributed by atoms with E-state index in [1.807, 2.05) is 13.8 Å². The Kier molecular flexibility index (Phi) is 11.0.